The van der Waals surface area contributed by atoms with Crippen molar-refractivity contribution in [2.24, 2.45) is 0 Å². The molecule has 9 aromatic rings. The van der Waals surface area contributed by atoms with Crippen LogP contribution in [0, 0.1) is 0 Å². The van der Waals surface area contributed by atoms with Crippen LogP contribution in [-0.2, 0) is 0 Å². The van der Waals surface area contributed by atoms with Gasteiger partial charge in [0.2, 0.25) is 0 Å². The van der Waals surface area contributed by atoms with Crippen LogP contribution in [0.25, 0.3) is 64.3 Å². The summed E-state index contributed by atoms with van der Waals surface area (Å²) in [6.45, 7) is 0. The van der Waals surface area contributed by atoms with Gasteiger partial charge in [0, 0.05) is 37.2 Å². The van der Waals surface area contributed by atoms with Gasteiger partial charge >= 0.3 is 0 Å². The molecule has 0 radical (unpaired) electrons. The zero-order valence-corrected chi connectivity index (χ0v) is 27.1. The van der Waals surface area contributed by atoms with Gasteiger partial charge in [0.05, 0.1) is 0 Å². The Hall–Kier alpha value is -5.96. The highest BCUT2D eigenvalue weighted by atomic mass is 32.1. The molecule has 0 spiro atoms. The van der Waals surface area contributed by atoms with Crippen LogP contribution in [0.15, 0.2) is 188 Å². The van der Waals surface area contributed by atoms with Gasteiger partial charge < -0.3 is 4.90 Å². The number of thiophene rings is 1. The van der Waals surface area contributed by atoms with E-state index in [1.165, 1.54) is 64.3 Å². The Balaban J connectivity index is 1.12. The van der Waals surface area contributed by atoms with Gasteiger partial charge in [0.1, 0.15) is 0 Å². The maximum absolute atomic E-state index is 2.37. The van der Waals surface area contributed by atoms with Crippen LogP contribution in [0.1, 0.15) is 0 Å². The highest BCUT2D eigenvalue weighted by molar-refractivity contribution is 7.25. The van der Waals surface area contributed by atoms with Crippen molar-refractivity contribution in [1.82, 2.24) is 0 Å². The van der Waals surface area contributed by atoms with Gasteiger partial charge in [-0.05, 0) is 98.8 Å². The van der Waals surface area contributed by atoms with E-state index >= 15 is 0 Å². The molecule has 0 unspecified atom stereocenters. The largest absolute Gasteiger partial charge is 0.310 e. The first-order valence-corrected chi connectivity index (χ1v) is 17.2. The maximum atomic E-state index is 2.37. The minimum absolute atomic E-state index is 1.12. The Morgan fingerprint density at radius 1 is 0.312 bits per heavy atom. The fraction of sp³-hybridized carbons (Fsp3) is 0. The summed E-state index contributed by atoms with van der Waals surface area (Å²) < 4.78 is 2.62. The number of nitrogens with zero attached hydrogens (tertiary/aromatic N) is 1. The predicted molar refractivity (Wildman–Crippen MR) is 208 cm³/mol. The van der Waals surface area contributed by atoms with Crippen LogP contribution in [0.5, 0.6) is 0 Å². The standard InChI is InChI=1S/C46H31NS/c1-2-10-32(11-3-1)33-20-24-38(25-21-33)47(40-28-29-46-44(31-40)43-17-6-7-19-45(43)48-46)39-26-22-34(23-27-39)36-14-8-15-37(30-36)42-18-9-13-35-12-4-5-16-41(35)42/h1-31H. The molecule has 0 aliphatic rings. The van der Waals surface area contributed by atoms with Crippen LogP contribution in [0.4, 0.5) is 17.1 Å². The molecule has 9 rings (SSSR count). The Kier molecular flexibility index (Phi) is 7.07. The van der Waals surface area contributed by atoms with E-state index in [1.807, 2.05) is 11.3 Å². The van der Waals surface area contributed by atoms with Crippen molar-refractivity contribution < 1.29 is 0 Å². The predicted octanol–water partition coefficient (Wildman–Crippen LogP) is 13.7. The maximum Gasteiger partial charge on any atom is 0.0468 e. The lowest BCUT2D eigenvalue weighted by Gasteiger charge is -2.26. The number of fused-ring (bicyclic) bond motifs is 4. The fourth-order valence-electron chi connectivity index (χ4n) is 6.88. The van der Waals surface area contributed by atoms with Crippen molar-refractivity contribution >= 4 is 59.3 Å². The normalized spacial score (nSPS) is 11.3. The lowest BCUT2D eigenvalue weighted by molar-refractivity contribution is 1.29. The van der Waals surface area contributed by atoms with Crippen LogP contribution < -0.4 is 4.90 Å². The van der Waals surface area contributed by atoms with Gasteiger partial charge in [-0.25, -0.2) is 0 Å². The molecule has 1 nitrogen and oxygen atoms in total. The molecule has 0 saturated carbocycles. The average Bonchev–Trinajstić information content (AvgIpc) is 3.54. The first kappa shape index (κ1) is 28.3. The third-order valence-electron chi connectivity index (χ3n) is 9.27. The van der Waals surface area contributed by atoms with Gasteiger partial charge in [-0.15, -0.1) is 11.3 Å². The quantitative estimate of drug-likeness (QED) is 0.177. The third-order valence-corrected chi connectivity index (χ3v) is 10.4. The average molecular weight is 630 g/mol. The highest BCUT2D eigenvalue weighted by Gasteiger charge is 2.16. The van der Waals surface area contributed by atoms with Gasteiger partial charge in [-0.2, -0.15) is 0 Å². The van der Waals surface area contributed by atoms with E-state index in [2.05, 4.69) is 193 Å². The summed E-state index contributed by atoms with van der Waals surface area (Å²) in [4.78, 5) is 2.37. The SMILES string of the molecule is c1ccc(-c2ccc(N(c3ccc(-c4cccc(-c5cccc6ccccc56)c4)cc3)c3ccc4sc5ccccc5c4c3)cc2)cc1. The Bertz CT molecular complexity index is 2540. The highest BCUT2D eigenvalue weighted by Crippen LogP contribution is 2.41. The van der Waals surface area contributed by atoms with Crippen LogP contribution >= 0.6 is 11.3 Å². The minimum atomic E-state index is 1.12. The molecule has 1 heterocycles. The molecule has 0 bridgehead atoms. The van der Waals surface area contributed by atoms with E-state index in [0.29, 0.717) is 0 Å². The lowest BCUT2D eigenvalue weighted by Crippen LogP contribution is -2.09. The zero-order valence-electron chi connectivity index (χ0n) is 26.3. The Labute approximate surface area is 284 Å². The summed E-state index contributed by atoms with van der Waals surface area (Å²) in [6, 6.07) is 68.2. The van der Waals surface area contributed by atoms with Gasteiger partial charge in [-0.3, -0.25) is 0 Å². The second-order valence-electron chi connectivity index (χ2n) is 12.2. The molecule has 48 heavy (non-hydrogen) atoms. The van der Waals surface area contributed by atoms with Gasteiger partial charge in [0.25, 0.3) is 0 Å². The van der Waals surface area contributed by atoms with E-state index in [1.54, 1.807) is 0 Å². The van der Waals surface area contributed by atoms with Crippen molar-refractivity contribution in [1.29, 1.82) is 0 Å². The van der Waals surface area contributed by atoms with E-state index in [0.717, 1.165) is 17.1 Å². The van der Waals surface area contributed by atoms with Crippen molar-refractivity contribution in [2.45, 2.75) is 0 Å². The summed E-state index contributed by atoms with van der Waals surface area (Å²) in [6.07, 6.45) is 0. The first-order chi connectivity index (χ1) is 23.8. The molecule has 0 saturated heterocycles. The van der Waals surface area contributed by atoms with Gasteiger partial charge in [-0.1, -0.05) is 133 Å². The van der Waals surface area contributed by atoms with Crippen LogP contribution in [0.2, 0.25) is 0 Å². The molecular weight excluding hydrogens is 599 g/mol. The molecule has 8 aromatic carbocycles. The molecule has 2 heteroatoms. The Morgan fingerprint density at radius 2 is 0.854 bits per heavy atom. The smallest absolute Gasteiger partial charge is 0.0468 e. The topological polar surface area (TPSA) is 3.24 Å². The summed E-state index contributed by atoms with van der Waals surface area (Å²) in [5, 5.41) is 5.13. The second kappa shape index (κ2) is 12.0. The molecule has 0 atom stereocenters. The van der Waals surface area contributed by atoms with Gasteiger partial charge in [0.15, 0.2) is 0 Å². The number of anilines is 3. The second-order valence-corrected chi connectivity index (χ2v) is 13.3. The molecule has 0 N–H and O–H groups in total. The Morgan fingerprint density at radius 3 is 1.65 bits per heavy atom. The van der Waals surface area contributed by atoms with Crippen molar-refractivity contribution in [3.63, 3.8) is 0 Å². The van der Waals surface area contributed by atoms with E-state index < -0.39 is 0 Å². The first-order valence-electron chi connectivity index (χ1n) is 16.3. The van der Waals surface area contributed by atoms with Crippen LogP contribution in [-0.4, -0.2) is 0 Å². The summed E-state index contributed by atoms with van der Waals surface area (Å²) in [7, 11) is 0. The monoisotopic (exact) mass is 629 g/mol. The number of hydrogen-bond acceptors (Lipinski definition) is 2. The van der Waals surface area contributed by atoms with Crippen molar-refractivity contribution in [3.8, 4) is 33.4 Å². The summed E-state index contributed by atoms with van der Waals surface area (Å²) in [5.74, 6) is 0. The van der Waals surface area contributed by atoms with Crippen molar-refractivity contribution in [2.75, 3.05) is 4.90 Å². The third kappa shape index (κ3) is 5.13. The number of benzene rings is 8. The lowest BCUT2D eigenvalue weighted by atomic mass is 9.95. The minimum Gasteiger partial charge on any atom is -0.310 e. The molecule has 0 fully saturated rings. The molecule has 226 valence electrons. The van der Waals surface area contributed by atoms with E-state index in [9.17, 15) is 0 Å². The van der Waals surface area contributed by atoms with E-state index in [-0.39, 0.29) is 0 Å². The fourth-order valence-corrected chi connectivity index (χ4v) is 7.97. The summed E-state index contributed by atoms with van der Waals surface area (Å²) in [5.41, 5.74) is 10.7. The number of rotatable bonds is 6. The zero-order chi connectivity index (χ0) is 31.9. The van der Waals surface area contributed by atoms with E-state index in [4.69, 9.17) is 0 Å². The molecule has 0 aliphatic carbocycles. The van der Waals surface area contributed by atoms with Crippen LogP contribution in [0.3, 0.4) is 0 Å². The molecule has 0 amide bonds. The summed E-state index contributed by atoms with van der Waals surface area (Å²) >= 11 is 1.85. The molecular formula is C46H31NS. The van der Waals surface area contributed by atoms with Crippen molar-refractivity contribution in [3.05, 3.63) is 188 Å². The number of hydrogen-bond donors (Lipinski definition) is 0. The molecule has 0 aliphatic heterocycles. The molecule has 1 aromatic heterocycles.